The molecule has 2 atom stereocenters. The number of hydrogen-bond acceptors (Lipinski definition) is 3. The molecule has 6 nitrogen and oxygen atoms in total. The van der Waals surface area contributed by atoms with Gasteiger partial charge in [0.05, 0.1) is 0 Å². The molecular formula is C7H14N2O4S. The number of nitrogens with one attached hydrogen (secondary N) is 1. The number of carbonyl (C=O) groups is 1. The van der Waals surface area contributed by atoms with Gasteiger partial charge in [0, 0.05) is 12.6 Å². The Morgan fingerprint density at radius 3 is 2.64 bits per heavy atom. The minimum absolute atomic E-state index is 0.00662. The van der Waals surface area contributed by atoms with Crippen molar-refractivity contribution in [2.45, 2.75) is 32.4 Å². The maximum absolute atomic E-state index is 11.4. The summed E-state index contributed by atoms with van der Waals surface area (Å²) in [6.45, 7) is 3.62. The number of hydrogen-bond donors (Lipinski definition) is 2. The van der Waals surface area contributed by atoms with Crippen molar-refractivity contribution in [2.24, 2.45) is 0 Å². The summed E-state index contributed by atoms with van der Waals surface area (Å²) in [7, 11) is -3.59. The van der Waals surface area contributed by atoms with Crippen LogP contribution >= 0.6 is 0 Å². The summed E-state index contributed by atoms with van der Waals surface area (Å²) in [6.07, 6.45) is 0.660. The average Bonchev–Trinajstić information content (AvgIpc) is 2.40. The maximum Gasteiger partial charge on any atom is 0.323 e. The predicted octanol–water partition coefficient (Wildman–Crippen LogP) is -0.612. The Labute approximate surface area is 83.1 Å². The maximum atomic E-state index is 11.4. The Hall–Kier alpha value is -0.660. The zero-order valence-electron chi connectivity index (χ0n) is 8.10. The van der Waals surface area contributed by atoms with Crippen LogP contribution in [-0.2, 0) is 15.0 Å². The molecule has 0 bridgehead atoms. The Kier molecular flexibility index (Phi) is 3.13. The minimum atomic E-state index is -3.59. The van der Waals surface area contributed by atoms with Crippen molar-refractivity contribution in [3.63, 3.8) is 0 Å². The lowest BCUT2D eigenvalue weighted by Gasteiger charge is -2.19. The molecule has 82 valence electrons. The van der Waals surface area contributed by atoms with E-state index in [0.717, 1.165) is 0 Å². The molecule has 0 spiro atoms. The van der Waals surface area contributed by atoms with Crippen LogP contribution in [0.15, 0.2) is 0 Å². The lowest BCUT2D eigenvalue weighted by molar-refractivity contribution is -0.138. The third kappa shape index (κ3) is 2.05. The zero-order chi connectivity index (χ0) is 10.9. The standard InChI is InChI=1S/C7H14N2O4S/c1-3-5(2)9-4-6(7(10)11)8-14(9,12)13/h5-6,8H,3-4H2,1-2H3,(H,10,11). The molecule has 1 aliphatic rings. The molecule has 1 saturated heterocycles. The van der Waals surface area contributed by atoms with Crippen LogP contribution in [0.5, 0.6) is 0 Å². The normalized spacial score (nSPS) is 28.9. The summed E-state index contributed by atoms with van der Waals surface area (Å²) >= 11 is 0. The van der Waals surface area contributed by atoms with Gasteiger partial charge in [-0.15, -0.1) is 0 Å². The first-order chi connectivity index (χ1) is 6.38. The van der Waals surface area contributed by atoms with E-state index in [-0.39, 0.29) is 12.6 Å². The third-order valence-electron chi connectivity index (χ3n) is 2.34. The van der Waals surface area contributed by atoms with E-state index in [9.17, 15) is 13.2 Å². The topological polar surface area (TPSA) is 86.7 Å². The molecule has 0 radical (unpaired) electrons. The summed E-state index contributed by atoms with van der Waals surface area (Å²) in [5.74, 6) is -1.14. The highest BCUT2D eigenvalue weighted by molar-refractivity contribution is 7.87. The first-order valence-corrected chi connectivity index (χ1v) is 5.84. The molecule has 0 aromatic carbocycles. The van der Waals surface area contributed by atoms with Gasteiger partial charge in [0.15, 0.2) is 0 Å². The van der Waals surface area contributed by atoms with Gasteiger partial charge in [0.25, 0.3) is 10.2 Å². The van der Waals surface area contributed by atoms with Gasteiger partial charge >= 0.3 is 5.97 Å². The minimum Gasteiger partial charge on any atom is -0.480 e. The van der Waals surface area contributed by atoms with Crippen LogP contribution in [-0.4, -0.2) is 42.4 Å². The summed E-state index contributed by atoms with van der Waals surface area (Å²) in [5, 5.41) is 8.66. The van der Waals surface area contributed by atoms with Crippen LogP contribution in [0, 0.1) is 0 Å². The Balaban J connectivity index is 2.85. The van der Waals surface area contributed by atoms with Gasteiger partial charge in [-0.05, 0) is 13.3 Å². The third-order valence-corrected chi connectivity index (χ3v) is 4.05. The number of carboxylic acids is 1. The van der Waals surface area contributed by atoms with Gasteiger partial charge in [-0.1, -0.05) is 6.92 Å². The van der Waals surface area contributed by atoms with Gasteiger partial charge in [-0.3, -0.25) is 4.79 Å². The lowest BCUT2D eigenvalue weighted by Crippen LogP contribution is -2.36. The molecule has 0 amide bonds. The molecule has 1 heterocycles. The number of carboxylic acid groups (broad SMARTS) is 1. The van der Waals surface area contributed by atoms with Crippen molar-refractivity contribution in [1.29, 1.82) is 0 Å². The van der Waals surface area contributed by atoms with E-state index in [1.807, 2.05) is 6.92 Å². The van der Waals surface area contributed by atoms with Crippen molar-refractivity contribution in [1.82, 2.24) is 9.03 Å². The van der Waals surface area contributed by atoms with Crippen LogP contribution in [0.3, 0.4) is 0 Å². The van der Waals surface area contributed by atoms with E-state index in [4.69, 9.17) is 5.11 Å². The smallest absolute Gasteiger partial charge is 0.323 e. The number of aliphatic carboxylic acids is 1. The average molecular weight is 222 g/mol. The van der Waals surface area contributed by atoms with Crippen molar-refractivity contribution in [3.05, 3.63) is 0 Å². The lowest BCUT2D eigenvalue weighted by atomic mass is 10.2. The fourth-order valence-electron chi connectivity index (χ4n) is 1.31. The number of rotatable bonds is 3. The van der Waals surface area contributed by atoms with Crippen LogP contribution in [0.25, 0.3) is 0 Å². The quantitative estimate of drug-likeness (QED) is 0.666. The second kappa shape index (κ2) is 3.84. The monoisotopic (exact) mass is 222 g/mol. The van der Waals surface area contributed by atoms with Crippen LogP contribution < -0.4 is 4.72 Å². The highest BCUT2D eigenvalue weighted by atomic mass is 32.2. The van der Waals surface area contributed by atoms with Crippen LogP contribution in [0.1, 0.15) is 20.3 Å². The Morgan fingerprint density at radius 1 is 1.71 bits per heavy atom. The van der Waals surface area contributed by atoms with Gasteiger partial charge in [0.2, 0.25) is 0 Å². The van der Waals surface area contributed by atoms with E-state index in [1.54, 1.807) is 6.92 Å². The van der Waals surface area contributed by atoms with E-state index in [0.29, 0.717) is 6.42 Å². The Morgan fingerprint density at radius 2 is 2.29 bits per heavy atom. The number of nitrogens with zero attached hydrogens (tertiary/aromatic N) is 1. The van der Waals surface area contributed by atoms with E-state index >= 15 is 0 Å². The van der Waals surface area contributed by atoms with Crippen molar-refractivity contribution >= 4 is 16.2 Å². The molecule has 2 unspecified atom stereocenters. The Bertz CT molecular complexity index is 327. The zero-order valence-corrected chi connectivity index (χ0v) is 8.91. The molecule has 1 aliphatic heterocycles. The molecule has 0 aromatic rings. The molecule has 0 aliphatic carbocycles. The second-order valence-corrected chi connectivity index (χ2v) is 5.00. The van der Waals surface area contributed by atoms with Gasteiger partial charge in [-0.2, -0.15) is 17.4 Å². The van der Waals surface area contributed by atoms with E-state index in [2.05, 4.69) is 4.72 Å². The second-order valence-electron chi connectivity index (χ2n) is 3.34. The molecule has 0 saturated carbocycles. The summed E-state index contributed by atoms with van der Waals surface area (Å²) in [4.78, 5) is 10.6. The van der Waals surface area contributed by atoms with Gasteiger partial charge in [0.1, 0.15) is 6.04 Å². The van der Waals surface area contributed by atoms with Crippen molar-refractivity contribution in [2.75, 3.05) is 6.54 Å². The molecule has 0 aromatic heterocycles. The largest absolute Gasteiger partial charge is 0.480 e. The van der Waals surface area contributed by atoms with Gasteiger partial charge < -0.3 is 5.11 Å². The molecule has 1 rings (SSSR count). The fraction of sp³-hybridized carbons (Fsp3) is 0.857. The van der Waals surface area contributed by atoms with Crippen LogP contribution in [0.2, 0.25) is 0 Å². The van der Waals surface area contributed by atoms with Gasteiger partial charge in [-0.25, -0.2) is 0 Å². The molecule has 14 heavy (non-hydrogen) atoms. The highest BCUT2D eigenvalue weighted by Gasteiger charge is 2.40. The fourth-order valence-corrected chi connectivity index (χ4v) is 2.95. The summed E-state index contributed by atoms with van der Waals surface area (Å²) in [6, 6.07) is -1.19. The van der Waals surface area contributed by atoms with Crippen molar-refractivity contribution in [3.8, 4) is 0 Å². The first kappa shape index (κ1) is 11.4. The predicted molar refractivity (Wildman–Crippen MR) is 49.9 cm³/mol. The molecule has 2 N–H and O–H groups in total. The van der Waals surface area contributed by atoms with Crippen LogP contribution in [0.4, 0.5) is 0 Å². The molecule has 1 fully saturated rings. The molecular weight excluding hydrogens is 208 g/mol. The SMILES string of the molecule is CCC(C)N1CC(C(=O)O)NS1(=O)=O. The van der Waals surface area contributed by atoms with E-state index in [1.165, 1.54) is 4.31 Å². The van der Waals surface area contributed by atoms with Crippen molar-refractivity contribution < 1.29 is 18.3 Å². The highest BCUT2D eigenvalue weighted by Crippen LogP contribution is 2.16. The summed E-state index contributed by atoms with van der Waals surface area (Å²) in [5.41, 5.74) is 0. The first-order valence-electron chi connectivity index (χ1n) is 4.40. The molecule has 7 heteroatoms. The van der Waals surface area contributed by atoms with E-state index < -0.39 is 22.2 Å². The summed E-state index contributed by atoms with van der Waals surface area (Å²) < 4.78 is 26.1.